The number of pyridine rings is 1. The van der Waals surface area contributed by atoms with Crippen molar-refractivity contribution in [1.82, 2.24) is 4.98 Å². The molecule has 2 N–H and O–H groups in total. The molecule has 3 rings (SSSR count). The summed E-state index contributed by atoms with van der Waals surface area (Å²) in [7, 11) is 0. The van der Waals surface area contributed by atoms with Crippen molar-refractivity contribution in [3.63, 3.8) is 0 Å². The lowest BCUT2D eigenvalue weighted by Gasteiger charge is -2.05. The van der Waals surface area contributed by atoms with Crippen LogP contribution >= 0.6 is 0 Å². The molecule has 0 fully saturated rings. The molecule has 0 amide bonds. The molecule has 23 heavy (non-hydrogen) atoms. The first-order chi connectivity index (χ1) is 11.2. The first-order valence-electron chi connectivity index (χ1n) is 7.11. The first-order valence-corrected chi connectivity index (χ1v) is 7.11. The lowest BCUT2D eigenvalue weighted by Crippen LogP contribution is -2.41. The Hall–Kier alpha value is -2.92. The summed E-state index contributed by atoms with van der Waals surface area (Å²) in [5, 5.41) is 18.3. The van der Waals surface area contributed by atoms with Gasteiger partial charge in [-0.2, -0.15) is 0 Å². The number of nitrogens with zero attached hydrogens (tertiary/aromatic N) is 1. The lowest BCUT2D eigenvalue weighted by atomic mass is 9.56. The Morgan fingerprint density at radius 1 is 0.783 bits per heavy atom. The Balaban J connectivity index is 0.000000185. The maximum Gasteiger partial charge on any atom is 0.358 e. The van der Waals surface area contributed by atoms with E-state index in [1.165, 1.54) is 12.3 Å². The maximum absolute atomic E-state index is 10.1. The fourth-order valence-electron chi connectivity index (χ4n) is 1.95. The van der Waals surface area contributed by atoms with E-state index in [1.54, 1.807) is 12.1 Å². The minimum atomic E-state index is -0.990. The summed E-state index contributed by atoms with van der Waals surface area (Å²) in [6, 6.07) is 24.1. The summed E-state index contributed by atoms with van der Waals surface area (Å²) in [5.74, 6) is -0.990. The molecular weight excluding hydrogens is 289 g/mol. The Morgan fingerprint density at radius 3 is 1.61 bits per heavy atom. The van der Waals surface area contributed by atoms with Gasteiger partial charge in [-0.15, -0.1) is 0 Å². The predicted molar refractivity (Wildman–Crippen MR) is 91.3 cm³/mol. The highest BCUT2D eigenvalue weighted by Crippen LogP contribution is 1.91. The third-order valence-corrected chi connectivity index (χ3v) is 3.11. The molecule has 0 aliphatic carbocycles. The molecule has 5 heteroatoms. The van der Waals surface area contributed by atoms with Crippen LogP contribution in [-0.2, 0) is 0 Å². The zero-order valence-electron chi connectivity index (χ0n) is 12.4. The topological polar surface area (TPSA) is 70.4 Å². The molecule has 114 valence electrons. The Morgan fingerprint density at radius 2 is 1.26 bits per heavy atom. The molecular formula is C18H16BNO3. The van der Waals surface area contributed by atoms with Gasteiger partial charge in [0, 0.05) is 6.20 Å². The largest absolute Gasteiger partial charge is 0.477 e. The van der Waals surface area contributed by atoms with E-state index in [4.69, 9.17) is 5.11 Å². The molecule has 1 aromatic heterocycles. The maximum atomic E-state index is 10.1. The van der Waals surface area contributed by atoms with Crippen LogP contribution in [0.1, 0.15) is 10.5 Å². The molecule has 3 aromatic rings. The van der Waals surface area contributed by atoms with Gasteiger partial charge >= 0.3 is 12.9 Å². The van der Waals surface area contributed by atoms with Gasteiger partial charge in [-0.05, 0) is 23.1 Å². The van der Waals surface area contributed by atoms with Crippen LogP contribution in [0.4, 0.5) is 0 Å². The van der Waals surface area contributed by atoms with Crippen LogP contribution < -0.4 is 10.9 Å². The second kappa shape index (κ2) is 8.51. The highest BCUT2D eigenvalue weighted by molar-refractivity contribution is 6.78. The van der Waals surface area contributed by atoms with Crippen LogP contribution in [0.15, 0.2) is 85.1 Å². The second-order valence-corrected chi connectivity index (χ2v) is 4.74. The van der Waals surface area contributed by atoms with Gasteiger partial charge in [0.2, 0.25) is 0 Å². The van der Waals surface area contributed by atoms with Crippen LogP contribution in [0.25, 0.3) is 0 Å². The fraction of sp³-hybridized carbons (Fsp3) is 0. The van der Waals surface area contributed by atoms with Crippen LogP contribution in [0, 0.1) is 0 Å². The first kappa shape index (κ1) is 16.5. The average molecular weight is 305 g/mol. The minimum absolute atomic E-state index is 0.0810. The van der Waals surface area contributed by atoms with Gasteiger partial charge in [0.1, 0.15) is 5.69 Å². The summed E-state index contributed by atoms with van der Waals surface area (Å²) < 4.78 is 0. The van der Waals surface area contributed by atoms with E-state index in [0.717, 1.165) is 10.9 Å². The van der Waals surface area contributed by atoms with E-state index in [0.29, 0.717) is 0 Å². The van der Waals surface area contributed by atoms with Crippen molar-refractivity contribution in [1.29, 1.82) is 0 Å². The molecule has 0 aliphatic heterocycles. The van der Waals surface area contributed by atoms with Crippen molar-refractivity contribution in [3.8, 4) is 0 Å². The van der Waals surface area contributed by atoms with Gasteiger partial charge in [0.05, 0.1) is 0 Å². The molecule has 0 spiro atoms. The van der Waals surface area contributed by atoms with E-state index < -0.39 is 12.9 Å². The molecule has 0 unspecified atom stereocenters. The van der Waals surface area contributed by atoms with Crippen LogP contribution in [0.5, 0.6) is 0 Å². The predicted octanol–water partition coefficient (Wildman–Crippen LogP) is 1.56. The standard InChI is InChI=1S/C12H11BO.C6H5NO2/c14-13(11-7-3-1-4-8-11)12-9-5-2-6-10-12;8-6(9)5-3-1-2-4-7-5/h1-10,14H;1-4H,(H,8,9). The quantitative estimate of drug-likeness (QED) is 0.721. The van der Waals surface area contributed by atoms with Gasteiger partial charge in [-0.25, -0.2) is 9.78 Å². The van der Waals surface area contributed by atoms with E-state index >= 15 is 0 Å². The van der Waals surface area contributed by atoms with E-state index in [9.17, 15) is 9.82 Å². The zero-order valence-corrected chi connectivity index (χ0v) is 12.4. The number of benzene rings is 2. The monoisotopic (exact) mass is 305 g/mol. The van der Waals surface area contributed by atoms with Crippen molar-refractivity contribution in [2.75, 3.05) is 0 Å². The molecule has 1 heterocycles. The lowest BCUT2D eigenvalue weighted by molar-refractivity contribution is 0.0690. The SMILES string of the molecule is O=C(O)c1ccccn1.OB(c1ccccc1)c1ccccc1. The number of carboxylic acids is 1. The number of hydrogen-bond acceptors (Lipinski definition) is 3. The molecule has 0 aliphatic rings. The van der Waals surface area contributed by atoms with E-state index in [2.05, 4.69) is 4.98 Å². The third-order valence-electron chi connectivity index (χ3n) is 3.11. The molecule has 2 aromatic carbocycles. The number of carbonyl (C=O) groups is 1. The highest BCUT2D eigenvalue weighted by Gasteiger charge is 2.14. The fourth-order valence-corrected chi connectivity index (χ4v) is 1.95. The van der Waals surface area contributed by atoms with Gasteiger partial charge in [-0.1, -0.05) is 66.7 Å². The third kappa shape index (κ3) is 5.09. The summed E-state index contributed by atoms with van der Waals surface area (Å²) in [5.41, 5.74) is 1.94. The molecule has 0 bridgehead atoms. The van der Waals surface area contributed by atoms with E-state index in [1.807, 2.05) is 60.7 Å². The molecule has 4 nitrogen and oxygen atoms in total. The zero-order chi connectivity index (χ0) is 16.5. The molecule has 0 atom stereocenters. The highest BCUT2D eigenvalue weighted by atomic mass is 16.4. The smallest absolute Gasteiger partial charge is 0.358 e. The normalized spacial score (nSPS) is 9.43. The molecule has 0 saturated heterocycles. The van der Waals surface area contributed by atoms with Crippen molar-refractivity contribution in [2.24, 2.45) is 0 Å². The van der Waals surface area contributed by atoms with Crippen LogP contribution in [0.3, 0.4) is 0 Å². The van der Waals surface area contributed by atoms with Gasteiger partial charge in [-0.3, -0.25) is 0 Å². The van der Waals surface area contributed by atoms with Crippen molar-refractivity contribution in [3.05, 3.63) is 90.8 Å². The number of hydrogen-bond donors (Lipinski definition) is 2. The van der Waals surface area contributed by atoms with Gasteiger partial charge < -0.3 is 10.1 Å². The summed E-state index contributed by atoms with van der Waals surface area (Å²) in [6.45, 7) is -0.516. The second-order valence-electron chi connectivity index (χ2n) is 4.74. The summed E-state index contributed by atoms with van der Waals surface area (Å²) in [4.78, 5) is 13.7. The van der Waals surface area contributed by atoms with Crippen molar-refractivity contribution < 1.29 is 14.9 Å². The van der Waals surface area contributed by atoms with Gasteiger partial charge in [0.25, 0.3) is 0 Å². The molecule has 0 saturated carbocycles. The number of rotatable bonds is 3. The minimum Gasteiger partial charge on any atom is -0.477 e. The molecule has 0 radical (unpaired) electrons. The van der Waals surface area contributed by atoms with E-state index in [-0.39, 0.29) is 5.69 Å². The summed E-state index contributed by atoms with van der Waals surface area (Å²) in [6.07, 6.45) is 1.45. The number of aromatic nitrogens is 1. The van der Waals surface area contributed by atoms with Crippen LogP contribution in [-0.4, -0.2) is 28.0 Å². The van der Waals surface area contributed by atoms with Gasteiger partial charge in [0.15, 0.2) is 0 Å². The van der Waals surface area contributed by atoms with Crippen molar-refractivity contribution in [2.45, 2.75) is 0 Å². The number of aromatic carboxylic acids is 1. The Bertz CT molecular complexity index is 682. The van der Waals surface area contributed by atoms with Crippen molar-refractivity contribution >= 4 is 23.8 Å². The van der Waals surface area contributed by atoms with Crippen LogP contribution in [0.2, 0.25) is 0 Å². The average Bonchev–Trinajstić information content (AvgIpc) is 2.64. The Labute approximate surface area is 135 Å². The summed E-state index contributed by atoms with van der Waals surface area (Å²) >= 11 is 0. The Kier molecular flexibility index (Phi) is 6.09. The number of carboxylic acid groups (broad SMARTS) is 1.